The van der Waals surface area contributed by atoms with Gasteiger partial charge in [0.05, 0.1) is 13.3 Å². The Kier molecular flexibility index (Phi) is 8.88. The molecule has 8 heteroatoms. The summed E-state index contributed by atoms with van der Waals surface area (Å²) in [4.78, 5) is 34.6. The normalized spacial score (nSPS) is 10.4. The highest BCUT2D eigenvalue weighted by Crippen LogP contribution is 2.11. The van der Waals surface area contributed by atoms with Crippen molar-refractivity contribution in [2.24, 2.45) is 5.10 Å². The number of amides is 2. The molecule has 152 valence electrons. The quantitative estimate of drug-likeness (QED) is 0.273. The van der Waals surface area contributed by atoms with Gasteiger partial charge >= 0.3 is 5.97 Å². The molecule has 0 aliphatic carbocycles. The van der Waals surface area contributed by atoms with Crippen LogP contribution in [0.15, 0.2) is 59.7 Å². The van der Waals surface area contributed by atoms with E-state index in [-0.39, 0.29) is 18.9 Å². The van der Waals surface area contributed by atoms with Gasteiger partial charge in [0.25, 0.3) is 0 Å². The zero-order valence-corrected chi connectivity index (χ0v) is 16.1. The number of hydrogen-bond acceptors (Lipinski definition) is 6. The van der Waals surface area contributed by atoms with Gasteiger partial charge in [0, 0.05) is 6.54 Å². The summed E-state index contributed by atoms with van der Waals surface area (Å²) in [5, 5.41) is 6.52. The highest BCUT2D eigenvalue weighted by atomic mass is 16.6. The summed E-state index contributed by atoms with van der Waals surface area (Å²) in [5.74, 6) is -0.830. The molecule has 0 aliphatic rings. The fourth-order valence-corrected chi connectivity index (χ4v) is 2.27. The van der Waals surface area contributed by atoms with Crippen molar-refractivity contribution in [2.45, 2.75) is 12.8 Å². The number of carbonyl (C=O) groups is 3. The van der Waals surface area contributed by atoms with Gasteiger partial charge in [-0.25, -0.2) is 10.2 Å². The maximum Gasteiger partial charge on any atom is 0.343 e. The van der Waals surface area contributed by atoms with Crippen LogP contribution in [0.4, 0.5) is 0 Å². The molecule has 2 N–H and O–H groups in total. The first kappa shape index (κ1) is 21.6. The number of hydrazone groups is 1. The average Bonchev–Trinajstić information content (AvgIpc) is 2.73. The lowest BCUT2D eigenvalue weighted by atomic mass is 10.1. The molecule has 0 spiro atoms. The van der Waals surface area contributed by atoms with Crippen LogP contribution in [0.2, 0.25) is 0 Å². The monoisotopic (exact) mass is 397 g/mol. The molecule has 0 saturated carbocycles. The minimum Gasteiger partial charge on any atom is -0.482 e. The molecule has 0 aromatic heterocycles. The average molecular weight is 397 g/mol. The third kappa shape index (κ3) is 8.70. The minimum absolute atomic E-state index is 0.173. The molecule has 0 bridgehead atoms. The first-order valence-electron chi connectivity index (χ1n) is 8.99. The number of methoxy groups -OCH3 is 1. The van der Waals surface area contributed by atoms with Crippen molar-refractivity contribution in [3.8, 4) is 5.75 Å². The zero-order valence-electron chi connectivity index (χ0n) is 16.1. The van der Waals surface area contributed by atoms with Crippen molar-refractivity contribution in [3.63, 3.8) is 0 Å². The largest absolute Gasteiger partial charge is 0.482 e. The van der Waals surface area contributed by atoms with Crippen molar-refractivity contribution in [1.82, 2.24) is 10.7 Å². The molecular weight excluding hydrogens is 374 g/mol. The summed E-state index contributed by atoms with van der Waals surface area (Å²) < 4.78 is 9.71. The molecule has 0 atom stereocenters. The Morgan fingerprint density at radius 2 is 1.72 bits per heavy atom. The molecular formula is C21H23N3O5. The summed E-state index contributed by atoms with van der Waals surface area (Å²) in [7, 11) is 1.29. The molecule has 0 unspecified atom stereocenters. The standard InChI is InChI=1S/C21H23N3O5/c1-28-21(27)15-29-18-9-7-17(8-10-18)14-23-24-20(26)13-19(25)22-12-11-16-5-3-2-4-6-16/h2-10,14H,11-13,15H2,1H3,(H,22,25)(H,24,26)/b23-14+. The van der Waals surface area contributed by atoms with Gasteiger partial charge in [-0.2, -0.15) is 5.10 Å². The number of ether oxygens (including phenoxy) is 2. The second-order valence-electron chi connectivity index (χ2n) is 5.99. The molecule has 2 aromatic carbocycles. The minimum atomic E-state index is -0.503. The fourth-order valence-electron chi connectivity index (χ4n) is 2.27. The molecule has 8 nitrogen and oxygen atoms in total. The van der Waals surface area contributed by atoms with Crippen LogP contribution in [0, 0.1) is 0 Å². The van der Waals surface area contributed by atoms with Gasteiger partial charge in [-0.05, 0) is 41.8 Å². The van der Waals surface area contributed by atoms with Gasteiger partial charge in [0.2, 0.25) is 11.8 Å². The van der Waals surface area contributed by atoms with Crippen LogP contribution in [0.5, 0.6) is 5.75 Å². The Balaban J connectivity index is 1.66. The smallest absolute Gasteiger partial charge is 0.343 e. The summed E-state index contributed by atoms with van der Waals surface area (Å²) in [6.07, 6.45) is 1.84. The van der Waals surface area contributed by atoms with Crippen LogP contribution in [0.25, 0.3) is 0 Å². The first-order chi connectivity index (χ1) is 14.1. The van der Waals surface area contributed by atoms with E-state index < -0.39 is 11.9 Å². The maximum absolute atomic E-state index is 11.8. The van der Waals surface area contributed by atoms with E-state index in [9.17, 15) is 14.4 Å². The van der Waals surface area contributed by atoms with Gasteiger partial charge in [0.1, 0.15) is 12.2 Å². The van der Waals surface area contributed by atoms with E-state index in [2.05, 4.69) is 20.6 Å². The van der Waals surface area contributed by atoms with Crippen LogP contribution in [-0.2, 0) is 25.5 Å². The number of nitrogens with zero attached hydrogens (tertiary/aromatic N) is 1. The van der Waals surface area contributed by atoms with E-state index in [4.69, 9.17) is 4.74 Å². The molecule has 2 amide bonds. The number of hydrogen-bond donors (Lipinski definition) is 2. The van der Waals surface area contributed by atoms with E-state index in [0.29, 0.717) is 24.3 Å². The third-order valence-electron chi connectivity index (χ3n) is 3.77. The summed E-state index contributed by atoms with van der Waals surface area (Å²) >= 11 is 0. The lowest BCUT2D eigenvalue weighted by molar-refractivity contribution is -0.143. The van der Waals surface area contributed by atoms with Crippen molar-refractivity contribution in [2.75, 3.05) is 20.3 Å². The summed E-state index contributed by atoms with van der Waals surface area (Å²) in [6, 6.07) is 16.5. The van der Waals surface area contributed by atoms with Crippen LogP contribution < -0.4 is 15.5 Å². The lowest BCUT2D eigenvalue weighted by Gasteiger charge is -2.05. The van der Waals surface area contributed by atoms with E-state index in [1.54, 1.807) is 24.3 Å². The van der Waals surface area contributed by atoms with Gasteiger partial charge in [-0.15, -0.1) is 0 Å². The summed E-state index contributed by atoms with van der Waals surface area (Å²) in [5.41, 5.74) is 4.14. The molecule has 0 heterocycles. The van der Waals surface area contributed by atoms with Crippen molar-refractivity contribution >= 4 is 24.0 Å². The van der Waals surface area contributed by atoms with Gasteiger partial charge in [0.15, 0.2) is 6.61 Å². The van der Waals surface area contributed by atoms with E-state index >= 15 is 0 Å². The predicted octanol–water partition coefficient (Wildman–Crippen LogP) is 1.44. The molecule has 29 heavy (non-hydrogen) atoms. The Morgan fingerprint density at radius 3 is 2.41 bits per heavy atom. The Hall–Kier alpha value is -3.68. The molecule has 0 radical (unpaired) electrons. The predicted molar refractivity (Wildman–Crippen MR) is 107 cm³/mol. The highest BCUT2D eigenvalue weighted by Gasteiger charge is 2.08. The van der Waals surface area contributed by atoms with Crippen molar-refractivity contribution in [3.05, 3.63) is 65.7 Å². The number of rotatable bonds is 10. The summed E-state index contributed by atoms with van der Waals surface area (Å²) in [6.45, 7) is 0.289. The molecule has 2 aromatic rings. The number of carbonyl (C=O) groups excluding carboxylic acids is 3. The third-order valence-corrected chi connectivity index (χ3v) is 3.77. The van der Waals surface area contributed by atoms with E-state index in [1.165, 1.54) is 13.3 Å². The fraction of sp³-hybridized carbons (Fsp3) is 0.238. The SMILES string of the molecule is COC(=O)COc1ccc(/C=N/NC(=O)CC(=O)NCCc2ccccc2)cc1. The Morgan fingerprint density at radius 1 is 1.00 bits per heavy atom. The van der Waals surface area contributed by atoms with Crippen LogP contribution in [-0.4, -0.2) is 44.3 Å². The van der Waals surface area contributed by atoms with Gasteiger partial charge in [-0.3, -0.25) is 9.59 Å². The lowest BCUT2D eigenvalue weighted by Crippen LogP contribution is -2.31. The Bertz CT molecular complexity index is 835. The van der Waals surface area contributed by atoms with Gasteiger partial charge < -0.3 is 14.8 Å². The van der Waals surface area contributed by atoms with E-state index in [0.717, 1.165) is 5.56 Å². The van der Waals surface area contributed by atoms with Crippen LogP contribution in [0.3, 0.4) is 0 Å². The second kappa shape index (κ2) is 11.9. The second-order valence-corrected chi connectivity index (χ2v) is 5.99. The van der Waals surface area contributed by atoms with Gasteiger partial charge in [-0.1, -0.05) is 30.3 Å². The highest BCUT2D eigenvalue weighted by molar-refractivity contribution is 5.97. The number of esters is 1. The van der Waals surface area contributed by atoms with Crippen molar-refractivity contribution in [1.29, 1.82) is 0 Å². The number of benzene rings is 2. The van der Waals surface area contributed by atoms with Crippen molar-refractivity contribution < 1.29 is 23.9 Å². The van der Waals surface area contributed by atoms with Crippen LogP contribution >= 0.6 is 0 Å². The first-order valence-corrected chi connectivity index (χ1v) is 8.99. The zero-order chi connectivity index (χ0) is 20.9. The molecule has 2 rings (SSSR count). The topological polar surface area (TPSA) is 106 Å². The molecule has 0 saturated heterocycles. The molecule has 0 fully saturated rings. The van der Waals surface area contributed by atoms with Crippen LogP contribution in [0.1, 0.15) is 17.5 Å². The number of nitrogens with one attached hydrogen (secondary N) is 2. The Labute approximate surface area is 168 Å². The maximum atomic E-state index is 11.8. The van der Waals surface area contributed by atoms with E-state index in [1.807, 2.05) is 30.3 Å². The molecule has 0 aliphatic heterocycles.